The number of aromatic amines is 1. The highest BCUT2D eigenvalue weighted by molar-refractivity contribution is 6.09. The van der Waals surface area contributed by atoms with E-state index in [0.717, 1.165) is 0 Å². The molecule has 1 aromatic heterocycles. The van der Waals surface area contributed by atoms with Crippen LogP contribution in [-0.2, 0) is 57.6 Å². The van der Waals surface area contributed by atoms with Gasteiger partial charge in [0.25, 0.3) is 0 Å². The standard InChI is InChI=1S/C56H75N13O11/c1-6-33(4)47(53(77)65-42(28-38-29-60-31-62-38)54(78)69-25-11-15-44(69)51(75)66-43(55(79)80)27-35-18-22-39(70)23-19-35)68-50(74)41(26-34-16-20-37(21-17-34)48(72)36-12-8-7-9-13-36)64-52(76)46(32(2)3)67-49(73)40(63-45(71)30-59-5)14-10-24-61-56(57)58/h7-9,12-13,16-23,29,31-33,40-44,46-47,59,70H,6,10-11,14-15,24-28,30H2,1-5H3,(H,60,62)(H,63,71)(H,64,76)(H,65,77)(H,66,75)(H,67,73)(H,68,74)(H,79,80)(H4,57,58,61)/t33-,40-,41-,42-,43-,44-,46-,47-/m0/s1. The van der Waals surface area contributed by atoms with E-state index in [0.29, 0.717) is 47.2 Å². The number of benzene rings is 3. The van der Waals surface area contributed by atoms with E-state index in [-0.39, 0.29) is 69.2 Å². The lowest BCUT2D eigenvalue weighted by Gasteiger charge is -2.32. The molecule has 0 bridgehead atoms. The van der Waals surface area contributed by atoms with E-state index in [1.165, 1.54) is 41.7 Å². The summed E-state index contributed by atoms with van der Waals surface area (Å²) in [6.45, 7) is 7.06. The first kappa shape index (κ1) is 62.2. The largest absolute Gasteiger partial charge is 0.508 e. The fraction of sp³-hybridized carbons (Fsp3) is 0.446. The summed E-state index contributed by atoms with van der Waals surface area (Å²) in [7, 11) is 1.56. The normalized spacial score (nSPS) is 15.6. The molecular formula is C56H75N13O11. The molecule has 0 aliphatic carbocycles. The average Bonchev–Trinajstić information content (AvgIpc) is 4.16. The molecule has 4 aromatic rings. The number of nitrogens with zero attached hydrogens (tertiary/aromatic N) is 3. The van der Waals surface area contributed by atoms with E-state index < -0.39 is 101 Å². The summed E-state index contributed by atoms with van der Waals surface area (Å²) in [5, 5.41) is 38.9. The number of rotatable bonds is 30. The number of carbonyl (C=O) groups excluding carboxylic acids is 8. The number of ketones is 1. The van der Waals surface area contributed by atoms with Gasteiger partial charge < -0.3 is 68.8 Å². The highest BCUT2D eigenvalue weighted by atomic mass is 16.4. The molecule has 1 fully saturated rings. The van der Waals surface area contributed by atoms with Crippen molar-refractivity contribution < 1.29 is 53.4 Å². The summed E-state index contributed by atoms with van der Waals surface area (Å²) in [5.41, 5.74) is 13.3. The Balaban J connectivity index is 1.41. The molecule has 14 N–H and O–H groups in total. The highest BCUT2D eigenvalue weighted by Gasteiger charge is 2.41. The fourth-order valence-corrected chi connectivity index (χ4v) is 9.09. The van der Waals surface area contributed by atoms with Gasteiger partial charge in [-0.3, -0.25) is 43.3 Å². The summed E-state index contributed by atoms with van der Waals surface area (Å²) in [6.07, 6.45) is 3.84. The molecule has 0 unspecified atom stereocenters. The molecule has 3 aromatic carbocycles. The zero-order valence-corrected chi connectivity index (χ0v) is 45.7. The molecule has 1 aliphatic rings. The lowest BCUT2D eigenvalue weighted by molar-refractivity contribution is -0.145. The number of likely N-dealkylation sites (N-methyl/N-ethyl adjacent to an activating group) is 1. The monoisotopic (exact) mass is 1110 g/mol. The number of aliphatic carboxylic acids is 1. The number of hydrogen-bond donors (Lipinski definition) is 12. The summed E-state index contributed by atoms with van der Waals surface area (Å²) in [4.78, 5) is 137. The lowest BCUT2D eigenvalue weighted by atomic mass is 9.95. The Kier molecular flexibility index (Phi) is 23.7. The Morgan fingerprint density at radius 2 is 1.32 bits per heavy atom. The molecule has 24 nitrogen and oxygen atoms in total. The molecule has 430 valence electrons. The minimum Gasteiger partial charge on any atom is -0.508 e. The number of imidazole rings is 1. The van der Waals surface area contributed by atoms with Crippen LogP contribution in [-0.4, -0.2) is 153 Å². The van der Waals surface area contributed by atoms with Gasteiger partial charge in [0.05, 0.1) is 12.9 Å². The number of carbonyl (C=O) groups is 9. The van der Waals surface area contributed by atoms with E-state index in [4.69, 9.17) is 11.5 Å². The minimum atomic E-state index is -1.41. The van der Waals surface area contributed by atoms with Crippen molar-refractivity contribution in [2.45, 2.75) is 121 Å². The molecule has 5 rings (SSSR count). The Morgan fingerprint density at radius 3 is 1.93 bits per heavy atom. The van der Waals surface area contributed by atoms with Crippen LogP contribution in [0.5, 0.6) is 5.75 Å². The van der Waals surface area contributed by atoms with E-state index >= 15 is 0 Å². The van der Waals surface area contributed by atoms with Crippen LogP contribution >= 0.6 is 0 Å². The van der Waals surface area contributed by atoms with Crippen LogP contribution in [0.2, 0.25) is 0 Å². The number of phenolic OH excluding ortho intramolecular Hbond substituents is 1. The SMILES string of the molecule is CC[C@H](C)[C@H](NC(=O)[C@H](Cc1ccc(C(=O)c2ccccc2)cc1)NC(=O)[C@@H](NC(=O)[C@H](CCCN=C(N)N)NC(=O)CNC)C(C)C)C(=O)N[C@@H](Cc1cnc[nH]1)C(=O)N1CCC[C@H]1C(=O)N[C@@H](Cc1ccc(O)cc1)C(=O)O. The molecule has 80 heavy (non-hydrogen) atoms. The third-order valence-corrected chi connectivity index (χ3v) is 13.7. The molecular weight excluding hydrogens is 1030 g/mol. The fourth-order valence-electron chi connectivity index (χ4n) is 9.09. The van der Waals surface area contributed by atoms with Gasteiger partial charge in [-0.1, -0.05) is 101 Å². The van der Waals surface area contributed by atoms with Gasteiger partial charge in [0.15, 0.2) is 11.7 Å². The topological polar surface area (TPSA) is 375 Å². The first-order valence-electron chi connectivity index (χ1n) is 26.7. The molecule has 0 spiro atoms. The van der Waals surface area contributed by atoms with E-state index in [2.05, 4.69) is 52.2 Å². The number of carboxylic acids is 1. The number of aromatic hydroxyl groups is 1. The van der Waals surface area contributed by atoms with Crippen LogP contribution in [0.25, 0.3) is 0 Å². The van der Waals surface area contributed by atoms with Gasteiger partial charge in [0, 0.05) is 55.4 Å². The maximum absolute atomic E-state index is 14.8. The second kappa shape index (κ2) is 30.5. The highest BCUT2D eigenvalue weighted by Crippen LogP contribution is 2.22. The summed E-state index contributed by atoms with van der Waals surface area (Å²) < 4.78 is 0. The summed E-state index contributed by atoms with van der Waals surface area (Å²) >= 11 is 0. The number of carboxylic acid groups (broad SMARTS) is 1. The van der Waals surface area contributed by atoms with Crippen LogP contribution in [0, 0.1) is 11.8 Å². The van der Waals surface area contributed by atoms with Crippen LogP contribution in [0.15, 0.2) is 96.4 Å². The number of hydrogen-bond acceptors (Lipinski definition) is 13. The number of nitrogens with one attached hydrogen (secondary N) is 8. The third kappa shape index (κ3) is 18.5. The minimum absolute atomic E-state index is 0.0157. The summed E-state index contributed by atoms with van der Waals surface area (Å²) in [5.74, 6) is -7.70. The maximum atomic E-state index is 14.8. The van der Waals surface area contributed by atoms with Crippen molar-refractivity contribution in [2.75, 3.05) is 26.7 Å². The van der Waals surface area contributed by atoms with Crippen molar-refractivity contribution in [3.05, 3.63) is 119 Å². The Hall–Kier alpha value is -8.67. The van der Waals surface area contributed by atoms with E-state index in [1.54, 1.807) is 89.3 Å². The van der Waals surface area contributed by atoms with Crippen molar-refractivity contribution in [3.8, 4) is 5.75 Å². The Morgan fingerprint density at radius 1 is 0.725 bits per heavy atom. The van der Waals surface area contributed by atoms with Crippen molar-refractivity contribution >= 4 is 59.1 Å². The quantitative estimate of drug-likeness (QED) is 0.0145. The Labute approximate surface area is 464 Å². The van der Waals surface area contributed by atoms with Crippen molar-refractivity contribution in [2.24, 2.45) is 28.3 Å². The number of likely N-dealkylation sites (tertiary alicyclic amines) is 1. The maximum Gasteiger partial charge on any atom is 0.326 e. The number of amides is 7. The first-order chi connectivity index (χ1) is 38.2. The second-order valence-electron chi connectivity index (χ2n) is 20.2. The average molecular weight is 1110 g/mol. The molecule has 8 atom stereocenters. The Bertz CT molecular complexity index is 2770. The van der Waals surface area contributed by atoms with Gasteiger partial charge in [-0.15, -0.1) is 0 Å². The van der Waals surface area contributed by atoms with Crippen molar-refractivity contribution in [1.29, 1.82) is 0 Å². The van der Waals surface area contributed by atoms with E-state index in [9.17, 15) is 53.4 Å². The molecule has 0 radical (unpaired) electrons. The van der Waals surface area contributed by atoms with Crippen LogP contribution in [0.4, 0.5) is 0 Å². The van der Waals surface area contributed by atoms with Gasteiger partial charge >= 0.3 is 5.97 Å². The molecule has 1 aliphatic heterocycles. The molecule has 2 heterocycles. The first-order valence-corrected chi connectivity index (χ1v) is 26.7. The van der Waals surface area contributed by atoms with E-state index in [1.807, 2.05) is 0 Å². The number of guanidine groups is 1. The zero-order chi connectivity index (χ0) is 58.5. The van der Waals surface area contributed by atoms with Crippen molar-refractivity contribution in [3.63, 3.8) is 0 Å². The smallest absolute Gasteiger partial charge is 0.326 e. The van der Waals surface area contributed by atoms with Crippen LogP contribution in [0.3, 0.4) is 0 Å². The molecule has 1 saturated heterocycles. The lowest BCUT2D eigenvalue weighted by Crippen LogP contribution is -2.62. The van der Waals surface area contributed by atoms with Gasteiger partial charge in [0.2, 0.25) is 41.4 Å². The predicted octanol–water partition coefficient (Wildman–Crippen LogP) is 0.334. The van der Waals surface area contributed by atoms with Crippen LogP contribution in [0.1, 0.15) is 92.5 Å². The van der Waals surface area contributed by atoms with Crippen molar-refractivity contribution in [1.82, 2.24) is 52.1 Å². The molecule has 24 heteroatoms. The van der Waals surface area contributed by atoms with Crippen LogP contribution < -0.4 is 48.7 Å². The predicted molar refractivity (Wildman–Crippen MR) is 296 cm³/mol. The number of nitrogens with two attached hydrogens (primary N) is 2. The number of aromatic nitrogens is 2. The third-order valence-electron chi connectivity index (χ3n) is 13.7. The van der Waals surface area contributed by atoms with Gasteiger partial charge in [-0.2, -0.15) is 0 Å². The van der Waals surface area contributed by atoms with Gasteiger partial charge in [0.1, 0.15) is 48.0 Å². The second-order valence-corrected chi connectivity index (χ2v) is 20.2. The van der Waals surface area contributed by atoms with Gasteiger partial charge in [-0.05, 0) is 67.8 Å². The molecule has 0 saturated carbocycles. The zero-order valence-electron chi connectivity index (χ0n) is 45.7. The number of H-pyrrole nitrogens is 1. The summed E-state index contributed by atoms with van der Waals surface area (Å²) in [6, 6.07) is 12.1. The molecule has 7 amide bonds. The number of phenols is 1. The van der Waals surface area contributed by atoms with Gasteiger partial charge in [-0.25, -0.2) is 9.78 Å². The number of aliphatic imine (C=N–C) groups is 1.